The number of quaternary nitrogens is 1. The van der Waals surface area contributed by atoms with Crippen LogP contribution in [0.1, 0.15) is 83.1 Å². The van der Waals surface area contributed by atoms with Gasteiger partial charge in [-0.15, -0.1) is 0 Å². The van der Waals surface area contributed by atoms with Crippen LogP contribution in [0.25, 0.3) is 6.08 Å². The van der Waals surface area contributed by atoms with Gasteiger partial charge in [0.15, 0.2) is 0 Å². The molecule has 1 N–H and O–H groups in total. The molecular formula is C27H47N2O2+. The van der Waals surface area contributed by atoms with Crippen LogP contribution in [-0.4, -0.2) is 51.2 Å². The van der Waals surface area contributed by atoms with Crippen molar-refractivity contribution in [1.29, 1.82) is 0 Å². The second-order valence-corrected chi connectivity index (χ2v) is 9.32. The van der Waals surface area contributed by atoms with E-state index in [0.717, 1.165) is 35.3 Å². The minimum atomic E-state index is -0.0316. The lowest BCUT2D eigenvalue weighted by atomic mass is 10.1. The molecule has 0 aromatic heterocycles. The highest BCUT2D eigenvalue weighted by Gasteiger charge is 2.13. The number of benzene rings is 1. The number of nitrogens with one attached hydrogen (secondary N) is 1. The van der Waals surface area contributed by atoms with Gasteiger partial charge in [-0.2, -0.15) is 0 Å². The third kappa shape index (κ3) is 14.8. The normalized spacial score (nSPS) is 11.7. The minimum absolute atomic E-state index is 0.0316. The van der Waals surface area contributed by atoms with E-state index < -0.39 is 0 Å². The van der Waals surface area contributed by atoms with Gasteiger partial charge in [0, 0.05) is 19.0 Å². The Labute approximate surface area is 191 Å². The van der Waals surface area contributed by atoms with E-state index in [-0.39, 0.29) is 5.91 Å². The van der Waals surface area contributed by atoms with E-state index in [2.05, 4.69) is 26.3 Å². The van der Waals surface area contributed by atoms with Crippen molar-refractivity contribution in [3.8, 4) is 5.75 Å². The number of hydrogen-bond acceptors (Lipinski definition) is 2. The molecule has 176 valence electrons. The molecule has 1 aromatic carbocycles. The molecule has 1 amide bonds. The zero-order chi connectivity index (χ0) is 22.8. The summed E-state index contributed by atoms with van der Waals surface area (Å²) in [5, 5.41) is 3.00. The Hall–Kier alpha value is -1.81. The highest BCUT2D eigenvalue weighted by Crippen LogP contribution is 2.13. The number of unbranched alkanes of at least 4 members (excludes halogenated alkanes) is 9. The molecule has 0 unspecified atom stereocenters. The molecule has 0 radical (unpaired) electrons. The number of hydrogen-bond donors (Lipinski definition) is 1. The molecule has 1 rings (SSSR count). The quantitative estimate of drug-likeness (QED) is 0.170. The zero-order valence-corrected chi connectivity index (χ0v) is 20.6. The van der Waals surface area contributed by atoms with E-state index in [9.17, 15) is 4.79 Å². The number of nitrogens with zero attached hydrogens (tertiary/aromatic N) is 1. The van der Waals surface area contributed by atoms with Crippen molar-refractivity contribution in [3.05, 3.63) is 35.9 Å². The molecule has 0 saturated carbocycles. The second kappa shape index (κ2) is 16.8. The summed E-state index contributed by atoms with van der Waals surface area (Å²) in [7, 11) is 6.26. The minimum Gasteiger partial charge on any atom is -0.497 e. The maximum Gasteiger partial charge on any atom is 0.244 e. The van der Waals surface area contributed by atoms with E-state index in [1.807, 2.05) is 30.3 Å². The Morgan fingerprint density at radius 1 is 0.871 bits per heavy atom. The summed E-state index contributed by atoms with van der Waals surface area (Å²) in [5.74, 6) is 0.788. The molecule has 1 aromatic rings. The lowest BCUT2D eigenvalue weighted by Crippen LogP contribution is -2.42. The SMILES string of the molecule is CCCCCCCCCCCC[N+](C)(C)CCCNC(=O)/C=C/c1ccc(OC)cc1. The molecule has 4 heteroatoms. The fourth-order valence-electron chi connectivity index (χ4n) is 3.80. The Balaban J connectivity index is 2.05. The maximum absolute atomic E-state index is 12.0. The smallest absolute Gasteiger partial charge is 0.244 e. The van der Waals surface area contributed by atoms with E-state index in [1.165, 1.54) is 70.8 Å². The first-order valence-electron chi connectivity index (χ1n) is 12.4. The predicted octanol–water partition coefficient (Wildman–Crippen LogP) is 6.21. The molecule has 0 fully saturated rings. The van der Waals surface area contributed by atoms with Gasteiger partial charge in [-0.05, 0) is 36.6 Å². The first-order chi connectivity index (χ1) is 15.0. The molecular weight excluding hydrogens is 384 g/mol. The van der Waals surface area contributed by atoms with Crippen LogP contribution in [0.2, 0.25) is 0 Å². The first-order valence-corrected chi connectivity index (χ1v) is 12.4. The van der Waals surface area contributed by atoms with Crippen LogP contribution < -0.4 is 10.1 Å². The highest BCUT2D eigenvalue weighted by atomic mass is 16.5. The molecule has 0 aliphatic heterocycles. The van der Waals surface area contributed by atoms with Gasteiger partial charge in [0.1, 0.15) is 5.75 Å². The summed E-state index contributed by atoms with van der Waals surface area (Å²) in [6.45, 7) is 5.33. The first kappa shape index (κ1) is 27.2. The average Bonchev–Trinajstić information content (AvgIpc) is 2.77. The molecule has 0 bridgehead atoms. The summed E-state index contributed by atoms with van der Waals surface area (Å²) >= 11 is 0. The van der Waals surface area contributed by atoms with Gasteiger partial charge in [0.05, 0.1) is 34.3 Å². The summed E-state index contributed by atoms with van der Waals surface area (Å²) in [6.07, 6.45) is 18.3. The van der Waals surface area contributed by atoms with Crippen LogP contribution in [0, 0.1) is 0 Å². The van der Waals surface area contributed by atoms with E-state index in [0.29, 0.717) is 0 Å². The third-order valence-corrected chi connectivity index (χ3v) is 5.90. The maximum atomic E-state index is 12.0. The number of methoxy groups -OCH3 is 1. The van der Waals surface area contributed by atoms with Gasteiger partial charge in [-0.1, -0.05) is 70.4 Å². The largest absolute Gasteiger partial charge is 0.497 e. The molecule has 4 nitrogen and oxygen atoms in total. The van der Waals surface area contributed by atoms with Crippen molar-refractivity contribution in [3.63, 3.8) is 0 Å². The molecule has 0 aliphatic rings. The van der Waals surface area contributed by atoms with E-state index in [4.69, 9.17) is 4.74 Å². The lowest BCUT2D eigenvalue weighted by molar-refractivity contribution is -0.890. The molecule has 0 spiro atoms. The predicted molar refractivity (Wildman–Crippen MR) is 133 cm³/mol. The van der Waals surface area contributed by atoms with Crippen molar-refractivity contribution in [2.24, 2.45) is 0 Å². The number of ether oxygens (including phenoxy) is 1. The monoisotopic (exact) mass is 431 g/mol. The second-order valence-electron chi connectivity index (χ2n) is 9.32. The van der Waals surface area contributed by atoms with Gasteiger partial charge in [0.2, 0.25) is 5.91 Å². The number of rotatable bonds is 18. The van der Waals surface area contributed by atoms with Crippen molar-refractivity contribution in [2.75, 3.05) is 40.8 Å². The molecule has 31 heavy (non-hydrogen) atoms. The van der Waals surface area contributed by atoms with Crippen LogP contribution in [0.3, 0.4) is 0 Å². The zero-order valence-electron chi connectivity index (χ0n) is 20.6. The van der Waals surface area contributed by atoms with Gasteiger partial charge < -0.3 is 14.5 Å². The van der Waals surface area contributed by atoms with Crippen LogP contribution in [0.15, 0.2) is 30.3 Å². The van der Waals surface area contributed by atoms with Crippen LogP contribution in [0.4, 0.5) is 0 Å². The van der Waals surface area contributed by atoms with Crippen LogP contribution >= 0.6 is 0 Å². The summed E-state index contributed by atoms with van der Waals surface area (Å²) in [6, 6.07) is 7.67. The lowest BCUT2D eigenvalue weighted by Gasteiger charge is -2.30. The van der Waals surface area contributed by atoms with Gasteiger partial charge in [-0.25, -0.2) is 0 Å². The molecule has 0 aliphatic carbocycles. The summed E-state index contributed by atoms with van der Waals surface area (Å²) in [5.41, 5.74) is 0.991. The van der Waals surface area contributed by atoms with E-state index in [1.54, 1.807) is 13.2 Å². The van der Waals surface area contributed by atoms with Crippen molar-refractivity contribution >= 4 is 12.0 Å². The Bertz CT molecular complexity index is 608. The number of carbonyl (C=O) groups excluding carboxylic acids is 1. The molecule has 0 saturated heterocycles. The third-order valence-electron chi connectivity index (χ3n) is 5.90. The van der Waals surface area contributed by atoms with Crippen molar-refractivity contribution in [2.45, 2.75) is 77.6 Å². The Morgan fingerprint density at radius 3 is 2.00 bits per heavy atom. The summed E-state index contributed by atoms with van der Waals surface area (Å²) in [4.78, 5) is 12.0. The van der Waals surface area contributed by atoms with E-state index >= 15 is 0 Å². The standard InChI is InChI=1S/C27H46N2O2/c1-5-6-7-8-9-10-11-12-13-14-23-29(2,3)24-15-22-28-27(30)21-18-25-16-19-26(31-4)20-17-25/h16-21H,5-15,22-24H2,1-4H3/p+1/b21-18+. The topological polar surface area (TPSA) is 38.3 Å². The van der Waals surface area contributed by atoms with Crippen molar-refractivity contribution < 1.29 is 14.0 Å². The number of carbonyl (C=O) groups is 1. The van der Waals surface area contributed by atoms with Gasteiger partial charge in [-0.3, -0.25) is 4.79 Å². The average molecular weight is 432 g/mol. The van der Waals surface area contributed by atoms with Crippen LogP contribution in [0.5, 0.6) is 5.75 Å². The number of amides is 1. The Kier molecular flexibility index (Phi) is 14.8. The fourth-order valence-corrected chi connectivity index (χ4v) is 3.80. The molecule has 0 atom stereocenters. The van der Waals surface area contributed by atoms with Gasteiger partial charge >= 0.3 is 0 Å². The Morgan fingerprint density at radius 2 is 1.42 bits per heavy atom. The molecule has 0 heterocycles. The van der Waals surface area contributed by atoms with Crippen molar-refractivity contribution in [1.82, 2.24) is 5.32 Å². The van der Waals surface area contributed by atoms with Crippen LogP contribution in [-0.2, 0) is 4.79 Å². The highest BCUT2D eigenvalue weighted by molar-refractivity contribution is 5.91. The van der Waals surface area contributed by atoms with Gasteiger partial charge in [0.25, 0.3) is 0 Å². The fraction of sp³-hybridized carbons (Fsp3) is 0.667. The summed E-state index contributed by atoms with van der Waals surface area (Å²) < 4.78 is 6.18.